The number of carbonyl (C=O) groups excluding carboxylic acids is 1. The van der Waals surface area contributed by atoms with E-state index in [9.17, 15) is 14.7 Å². The van der Waals surface area contributed by atoms with Gasteiger partial charge in [0, 0.05) is 44.1 Å². The standard InChI is InChI=1S/C17H27N3O4/c1-16(2)17(24-14(21)18-16)5-7-19(8-6-17)13-9-11-3-4-12(10-13)20(11)15(22)23/h11-13H,3-10H2,1-2H3,(H,18,21)(H,22,23). The van der Waals surface area contributed by atoms with Crippen molar-refractivity contribution < 1.29 is 19.4 Å². The van der Waals surface area contributed by atoms with Crippen LogP contribution in [-0.2, 0) is 4.74 Å². The second-order valence-electron chi connectivity index (χ2n) is 8.37. The first-order chi connectivity index (χ1) is 11.3. The normalized spacial score (nSPS) is 37.3. The number of ether oxygens (including phenoxy) is 1. The molecule has 7 nitrogen and oxygen atoms in total. The van der Waals surface area contributed by atoms with Gasteiger partial charge < -0.3 is 20.1 Å². The van der Waals surface area contributed by atoms with Crippen LogP contribution in [0, 0.1) is 0 Å². The lowest BCUT2D eigenvalue weighted by Crippen LogP contribution is -2.60. The molecule has 4 rings (SSSR count). The molecule has 4 saturated heterocycles. The minimum atomic E-state index is -0.760. The Hall–Kier alpha value is -1.50. The highest BCUT2D eigenvalue weighted by molar-refractivity contribution is 5.72. The zero-order chi connectivity index (χ0) is 17.1. The van der Waals surface area contributed by atoms with E-state index in [-0.39, 0.29) is 23.7 Å². The number of carboxylic acid groups (broad SMARTS) is 1. The van der Waals surface area contributed by atoms with E-state index in [1.165, 1.54) is 0 Å². The van der Waals surface area contributed by atoms with Crippen LogP contribution in [0.15, 0.2) is 0 Å². The lowest BCUT2D eigenvalue weighted by Gasteiger charge is -2.48. The van der Waals surface area contributed by atoms with Gasteiger partial charge in [-0.1, -0.05) is 0 Å². The highest BCUT2D eigenvalue weighted by Gasteiger charge is 2.56. The molecule has 0 radical (unpaired) electrons. The Labute approximate surface area is 142 Å². The van der Waals surface area contributed by atoms with E-state index < -0.39 is 11.7 Å². The molecule has 4 heterocycles. The van der Waals surface area contributed by atoms with Crippen molar-refractivity contribution in [1.82, 2.24) is 15.1 Å². The van der Waals surface area contributed by atoms with Crippen molar-refractivity contribution in [3.05, 3.63) is 0 Å². The fraction of sp³-hybridized carbons (Fsp3) is 0.882. The second-order valence-corrected chi connectivity index (χ2v) is 8.37. The minimum Gasteiger partial charge on any atom is -0.465 e. The summed E-state index contributed by atoms with van der Waals surface area (Å²) in [6, 6.07) is 0.831. The molecule has 4 aliphatic heterocycles. The van der Waals surface area contributed by atoms with E-state index in [0.29, 0.717) is 6.04 Å². The molecule has 2 amide bonds. The molecular weight excluding hydrogens is 310 g/mol. The van der Waals surface area contributed by atoms with Gasteiger partial charge in [0.25, 0.3) is 0 Å². The molecular formula is C17H27N3O4. The van der Waals surface area contributed by atoms with Gasteiger partial charge in [-0.15, -0.1) is 0 Å². The van der Waals surface area contributed by atoms with Crippen LogP contribution >= 0.6 is 0 Å². The highest BCUT2D eigenvalue weighted by Crippen LogP contribution is 2.43. The van der Waals surface area contributed by atoms with E-state index in [2.05, 4.69) is 10.2 Å². The van der Waals surface area contributed by atoms with Gasteiger partial charge in [-0.3, -0.25) is 4.90 Å². The van der Waals surface area contributed by atoms with Gasteiger partial charge >= 0.3 is 12.2 Å². The molecule has 134 valence electrons. The molecule has 0 aromatic heterocycles. The van der Waals surface area contributed by atoms with Crippen molar-refractivity contribution in [2.75, 3.05) is 13.1 Å². The number of fused-ring (bicyclic) bond motifs is 2. The Balaban J connectivity index is 1.41. The van der Waals surface area contributed by atoms with Crippen LogP contribution in [0.3, 0.4) is 0 Å². The van der Waals surface area contributed by atoms with Crippen molar-refractivity contribution in [3.63, 3.8) is 0 Å². The predicted molar refractivity (Wildman–Crippen MR) is 86.9 cm³/mol. The zero-order valence-electron chi connectivity index (χ0n) is 14.5. The molecule has 2 bridgehead atoms. The molecule has 2 N–H and O–H groups in total. The SMILES string of the molecule is CC1(C)NC(=O)OC12CCN(C1CC3CCC(C1)N3C(=O)O)CC2. The molecule has 7 heteroatoms. The Kier molecular flexibility index (Phi) is 3.50. The summed E-state index contributed by atoms with van der Waals surface area (Å²) < 4.78 is 5.68. The first-order valence-electron chi connectivity index (χ1n) is 9.08. The predicted octanol–water partition coefficient (Wildman–Crippen LogP) is 2.01. The molecule has 24 heavy (non-hydrogen) atoms. The topological polar surface area (TPSA) is 82.1 Å². The van der Waals surface area contributed by atoms with Gasteiger partial charge in [0.05, 0.1) is 5.54 Å². The fourth-order valence-electron chi connectivity index (χ4n) is 5.44. The summed E-state index contributed by atoms with van der Waals surface area (Å²) in [7, 11) is 0. The van der Waals surface area contributed by atoms with Crippen molar-refractivity contribution in [1.29, 1.82) is 0 Å². The number of nitrogens with one attached hydrogen (secondary N) is 1. The van der Waals surface area contributed by atoms with Crippen LogP contribution in [0.5, 0.6) is 0 Å². The maximum atomic E-state index is 11.7. The summed E-state index contributed by atoms with van der Waals surface area (Å²) in [6.45, 7) is 5.91. The van der Waals surface area contributed by atoms with E-state index in [1.807, 2.05) is 13.8 Å². The van der Waals surface area contributed by atoms with Crippen LogP contribution in [0.1, 0.15) is 52.4 Å². The summed E-state index contributed by atoms with van der Waals surface area (Å²) in [5.41, 5.74) is -0.733. The maximum Gasteiger partial charge on any atom is 0.408 e. The maximum absolute atomic E-state index is 11.7. The zero-order valence-corrected chi connectivity index (χ0v) is 14.5. The Morgan fingerprint density at radius 2 is 1.75 bits per heavy atom. The smallest absolute Gasteiger partial charge is 0.408 e. The largest absolute Gasteiger partial charge is 0.465 e. The number of alkyl carbamates (subject to hydrolysis) is 1. The third kappa shape index (κ3) is 2.28. The summed E-state index contributed by atoms with van der Waals surface area (Å²) >= 11 is 0. The van der Waals surface area contributed by atoms with Crippen molar-refractivity contribution in [3.8, 4) is 0 Å². The van der Waals surface area contributed by atoms with Crippen molar-refractivity contribution >= 4 is 12.2 Å². The number of piperidine rings is 2. The average molecular weight is 337 g/mol. The number of hydrogen-bond acceptors (Lipinski definition) is 4. The summed E-state index contributed by atoms with van der Waals surface area (Å²) in [5.74, 6) is 0. The highest BCUT2D eigenvalue weighted by atomic mass is 16.6. The van der Waals surface area contributed by atoms with Gasteiger partial charge in [0.1, 0.15) is 5.60 Å². The number of rotatable bonds is 1. The minimum absolute atomic E-state index is 0.185. The molecule has 2 unspecified atom stereocenters. The van der Waals surface area contributed by atoms with Gasteiger partial charge in [-0.05, 0) is 39.5 Å². The number of hydrogen-bond donors (Lipinski definition) is 2. The molecule has 1 spiro atoms. The lowest BCUT2D eigenvalue weighted by atomic mass is 9.76. The van der Waals surface area contributed by atoms with E-state index >= 15 is 0 Å². The first kappa shape index (κ1) is 16.0. The number of nitrogens with zero attached hydrogens (tertiary/aromatic N) is 2. The molecule has 0 aromatic carbocycles. The van der Waals surface area contributed by atoms with Crippen molar-refractivity contribution in [2.45, 2.75) is 81.6 Å². The van der Waals surface area contributed by atoms with E-state index in [0.717, 1.165) is 51.6 Å². The average Bonchev–Trinajstić information content (AvgIpc) is 2.89. The Morgan fingerprint density at radius 3 is 2.21 bits per heavy atom. The Bertz CT molecular complexity index is 542. The van der Waals surface area contributed by atoms with Crippen LogP contribution in [0.4, 0.5) is 9.59 Å². The molecule has 0 saturated carbocycles. The summed E-state index contributed by atoms with van der Waals surface area (Å²) in [4.78, 5) is 27.3. The molecule has 0 aliphatic carbocycles. The molecule has 0 aromatic rings. The van der Waals surface area contributed by atoms with Gasteiger partial charge in [0.15, 0.2) is 0 Å². The Morgan fingerprint density at radius 1 is 1.17 bits per heavy atom. The van der Waals surface area contributed by atoms with Crippen molar-refractivity contribution in [2.24, 2.45) is 0 Å². The third-order valence-electron chi connectivity index (χ3n) is 6.89. The first-order valence-corrected chi connectivity index (χ1v) is 9.08. The van der Waals surface area contributed by atoms with Crippen LogP contribution in [0.25, 0.3) is 0 Å². The number of likely N-dealkylation sites (tertiary alicyclic amines) is 1. The van der Waals surface area contributed by atoms with Crippen LogP contribution < -0.4 is 5.32 Å². The second kappa shape index (κ2) is 5.25. The third-order valence-corrected chi connectivity index (χ3v) is 6.89. The number of amides is 2. The van der Waals surface area contributed by atoms with Gasteiger partial charge in [-0.25, -0.2) is 9.59 Å². The fourth-order valence-corrected chi connectivity index (χ4v) is 5.44. The monoisotopic (exact) mass is 337 g/mol. The lowest BCUT2D eigenvalue weighted by molar-refractivity contribution is -0.0562. The van der Waals surface area contributed by atoms with E-state index in [4.69, 9.17) is 4.74 Å². The van der Waals surface area contributed by atoms with Crippen LogP contribution in [-0.4, -0.2) is 69.4 Å². The summed E-state index contributed by atoms with van der Waals surface area (Å²) in [5, 5.41) is 12.3. The van der Waals surface area contributed by atoms with Gasteiger partial charge in [0.2, 0.25) is 0 Å². The van der Waals surface area contributed by atoms with E-state index in [1.54, 1.807) is 4.90 Å². The van der Waals surface area contributed by atoms with Gasteiger partial charge in [-0.2, -0.15) is 0 Å². The van der Waals surface area contributed by atoms with Crippen LogP contribution in [0.2, 0.25) is 0 Å². The summed E-state index contributed by atoms with van der Waals surface area (Å²) in [6.07, 6.45) is 4.50. The molecule has 2 atom stereocenters. The molecule has 4 fully saturated rings. The number of carbonyl (C=O) groups is 2. The quantitative estimate of drug-likeness (QED) is 0.765. The molecule has 4 aliphatic rings.